The van der Waals surface area contributed by atoms with E-state index in [1.807, 2.05) is 0 Å². The SMILES string of the molecule is CS(=O)(=O)c1cc(F)cc(CCCCN)c1F. The lowest BCUT2D eigenvalue weighted by molar-refractivity contribution is 0.540. The standard InChI is InChI=1S/C11H15F2NO2S/c1-17(15,16)10-7-9(12)6-8(11(10)13)4-2-3-5-14/h6-7H,2-5,14H2,1H3. The smallest absolute Gasteiger partial charge is 0.178 e. The third-order valence-corrected chi connectivity index (χ3v) is 3.48. The van der Waals surface area contributed by atoms with E-state index in [2.05, 4.69) is 0 Å². The molecule has 0 amide bonds. The molecular weight excluding hydrogens is 248 g/mol. The van der Waals surface area contributed by atoms with Crippen LogP contribution in [0.3, 0.4) is 0 Å². The molecule has 96 valence electrons. The van der Waals surface area contributed by atoms with Gasteiger partial charge in [-0.3, -0.25) is 0 Å². The van der Waals surface area contributed by atoms with Crippen LogP contribution in [0.5, 0.6) is 0 Å². The molecule has 1 aromatic carbocycles. The van der Waals surface area contributed by atoms with Gasteiger partial charge in [0.05, 0.1) is 0 Å². The number of halogens is 2. The summed E-state index contributed by atoms with van der Waals surface area (Å²) in [5, 5.41) is 0. The Hall–Kier alpha value is -1.01. The van der Waals surface area contributed by atoms with E-state index in [0.29, 0.717) is 25.5 Å². The van der Waals surface area contributed by atoms with Crippen molar-refractivity contribution in [1.29, 1.82) is 0 Å². The first-order valence-electron chi connectivity index (χ1n) is 5.24. The van der Waals surface area contributed by atoms with Crippen molar-refractivity contribution < 1.29 is 17.2 Å². The Labute approximate surface area is 99.6 Å². The number of hydrogen-bond acceptors (Lipinski definition) is 3. The molecule has 0 saturated carbocycles. The number of nitrogens with two attached hydrogens (primary N) is 1. The van der Waals surface area contributed by atoms with Crippen LogP contribution in [0, 0.1) is 11.6 Å². The summed E-state index contributed by atoms with van der Waals surface area (Å²) in [7, 11) is -3.75. The Balaban J connectivity index is 3.11. The van der Waals surface area contributed by atoms with Gasteiger partial charge < -0.3 is 5.73 Å². The van der Waals surface area contributed by atoms with Gasteiger partial charge in [0.2, 0.25) is 0 Å². The highest BCUT2D eigenvalue weighted by molar-refractivity contribution is 7.90. The summed E-state index contributed by atoms with van der Waals surface area (Å²) in [5.41, 5.74) is 5.38. The molecule has 6 heteroatoms. The molecule has 0 fully saturated rings. The number of sulfone groups is 1. The first kappa shape index (κ1) is 14.1. The molecule has 1 rings (SSSR count). The average Bonchev–Trinajstić information content (AvgIpc) is 2.21. The maximum absolute atomic E-state index is 13.8. The van der Waals surface area contributed by atoms with Crippen molar-refractivity contribution in [1.82, 2.24) is 0 Å². The van der Waals surface area contributed by atoms with Crippen molar-refractivity contribution in [2.45, 2.75) is 24.2 Å². The summed E-state index contributed by atoms with van der Waals surface area (Å²) in [6.07, 6.45) is 2.42. The molecule has 1 aromatic rings. The quantitative estimate of drug-likeness (QED) is 0.822. The van der Waals surface area contributed by atoms with E-state index in [1.165, 1.54) is 0 Å². The lowest BCUT2D eigenvalue weighted by Gasteiger charge is -2.07. The number of aryl methyl sites for hydroxylation is 1. The van der Waals surface area contributed by atoms with Crippen LogP contribution in [0.4, 0.5) is 8.78 Å². The molecule has 0 unspecified atom stereocenters. The molecule has 0 heterocycles. The average molecular weight is 263 g/mol. The van der Waals surface area contributed by atoms with Crippen LogP contribution in [0.15, 0.2) is 17.0 Å². The highest BCUT2D eigenvalue weighted by Crippen LogP contribution is 2.21. The summed E-state index contributed by atoms with van der Waals surface area (Å²) in [4.78, 5) is -0.583. The first-order valence-corrected chi connectivity index (χ1v) is 7.13. The third kappa shape index (κ3) is 3.74. The van der Waals surface area contributed by atoms with Crippen LogP contribution in [0.25, 0.3) is 0 Å². The van der Waals surface area contributed by atoms with Crippen LogP contribution < -0.4 is 5.73 Å². The van der Waals surface area contributed by atoms with Gasteiger partial charge in [-0.05, 0) is 43.5 Å². The third-order valence-electron chi connectivity index (χ3n) is 2.38. The van der Waals surface area contributed by atoms with Crippen molar-refractivity contribution in [2.75, 3.05) is 12.8 Å². The van der Waals surface area contributed by atoms with E-state index >= 15 is 0 Å². The monoisotopic (exact) mass is 263 g/mol. The Kier molecular flexibility index (Phi) is 4.59. The maximum atomic E-state index is 13.8. The molecule has 0 radical (unpaired) electrons. The molecule has 2 N–H and O–H groups in total. The van der Waals surface area contributed by atoms with Gasteiger partial charge >= 0.3 is 0 Å². The fourth-order valence-corrected chi connectivity index (χ4v) is 2.31. The zero-order valence-corrected chi connectivity index (χ0v) is 10.4. The van der Waals surface area contributed by atoms with Gasteiger partial charge in [0.25, 0.3) is 0 Å². The number of rotatable bonds is 5. The molecule has 0 aliphatic heterocycles. The van der Waals surface area contributed by atoms with Gasteiger partial charge in [-0.15, -0.1) is 0 Å². The largest absolute Gasteiger partial charge is 0.330 e. The van der Waals surface area contributed by atoms with Crippen molar-refractivity contribution in [3.8, 4) is 0 Å². The molecule has 0 aliphatic rings. The van der Waals surface area contributed by atoms with E-state index in [4.69, 9.17) is 5.73 Å². The molecule has 3 nitrogen and oxygen atoms in total. The summed E-state index contributed by atoms with van der Waals surface area (Å²) >= 11 is 0. The van der Waals surface area contributed by atoms with Crippen molar-refractivity contribution >= 4 is 9.84 Å². The second kappa shape index (κ2) is 5.55. The minimum Gasteiger partial charge on any atom is -0.330 e. The van der Waals surface area contributed by atoms with Gasteiger partial charge in [0.1, 0.15) is 16.5 Å². The lowest BCUT2D eigenvalue weighted by Crippen LogP contribution is -2.06. The van der Waals surface area contributed by atoms with Crippen molar-refractivity contribution in [3.05, 3.63) is 29.3 Å². The molecule has 0 bridgehead atoms. The van der Waals surface area contributed by atoms with Crippen molar-refractivity contribution in [3.63, 3.8) is 0 Å². The second-order valence-electron chi connectivity index (χ2n) is 3.89. The van der Waals surface area contributed by atoms with E-state index < -0.39 is 26.4 Å². The fourth-order valence-electron chi connectivity index (χ4n) is 1.53. The lowest BCUT2D eigenvalue weighted by atomic mass is 10.1. The zero-order valence-electron chi connectivity index (χ0n) is 9.54. The van der Waals surface area contributed by atoms with Gasteiger partial charge in [-0.2, -0.15) is 0 Å². The Morgan fingerprint density at radius 3 is 2.41 bits per heavy atom. The minimum absolute atomic E-state index is 0.0823. The van der Waals surface area contributed by atoms with E-state index in [1.54, 1.807) is 0 Å². The van der Waals surface area contributed by atoms with Crippen LogP contribution in [0.1, 0.15) is 18.4 Å². The number of unbranched alkanes of at least 4 members (excludes halogenated alkanes) is 1. The van der Waals surface area contributed by atoms with Crippen LogP contribution in [-0.2, 0) is 16.3 Å². The highest BCUT2D eigenvalue weighted by Gasteiger charge is 2.18. The molecule has 0 aromatic heterocycles. The Bertz CT molecular complexity index is 500. The van der Waals surface area contributed by atoms with Gasteiger partial charge in [-0.25, -0.2) is 17.2 Å². The summed E-state index contributed by atoms with van der Waals surface area (Å²) in [6.45, 7) is 0.468. The zero-order chi connectivity index (χ0) is 13.1. The first-order chi connectivity index (χ1) is 7.86. The molecule has 0 atom stereocenters. The van der Waals surface area contributed by atoms with Crippen LogP contribution in [-0.4, -0.2) is 21.2 Å². The maximum Gasteiger partial charge on any atom is 0.178 e. The Morgan fingerprint density at radius 2 is 1.88 bits per heavy atom. The van der Waals surface area contributed by atoms with Crippen LogP contribution >= 0.6 is 0 Å². The summed E-state index contributed by atoms with van der Waals surface area (Å²) < 4.78 is 49.5. The molecule has 0 spiro atoms. The second-order valence-corrected chi connectivity index (χ2v) is 5.88. The van der Waals surface area contributed by atoms with E-state index in [-0.39, 0.29) is 12.0 Å². The van der Waals surface area contributed by atoms with Gasteiger partial charge in [0, 0.05) is 6.26 Å². The molecule has 0 saturated heterocycles. The minimum atomic E-state index is -3.75. The van der Waals surface area contributed by atoms with E-state index in [9.17, 15) is 17.2 Å². The van der Waals surface area contributed by atoms with Crippen LogP contribution in [0.2, 0.25) is 0 Å². The predicted octanol–water partition coefficient (Wildman–Crippen LogP) is 1.65. The molecule has 17 heavy (non-hydrogen) atoms. The topological polar surface area (TPSA) is 60.2 Å². The Morgan fingerprint density at radius 1 is 1.24 bits per heavy atom. The molecular formula is C11H15F2NO2S. The number of benzene rings is 1. The highest BCUT2D eigenvalue weighted by atomic mass is 32.2. The van der Waals surface area contributed by atoms with E-state index in [0.717, 1.165) is 12.3 Å². The normalized spacial score (nSPS) is 11.8. The van der Waals surface area contributed by atoms with Gasteiger partial charge in [-0.1, -0.05) is 0 Å². The van der Waals surface area contributed by atoms with Crippen molar-refractivity contribution in [2.24, 2.45) is 5.73 Å². The number of hydrogen-bond donors (Lipinski definition) is 1. The van der Waals surface area contributed by atoms with Gasteiger partial charge in [0.15, 0.2) is 9.84 Å². The fraction of sp³-hybridized carbons (Fsp3) is 0.455. The summed E-state index contributed by atoms with van der Waals surface area (Å²) in [5.74, 6) is -1.60. The molecule has 0 aliphatic carbocycles. The predicted molar refractivity (Wildman–Crippen MR) is 61.5 cm³/mol. The summed E-state index contributed by atoms with van der Waals surface area (Å²) in [6, 6.07) is 1.73.